The SMILES string of the molecule is C=CCC(OC)(C(C)C)C(C)(C)CC. The van der Waals surface area contributed by atoms with Crippen LogP contribution in [0.15, 0.2) is 12.7 Å². The van der Waals surface area contributed by atoms with E-state index in [9.17, 15) is 0 Å². The average Bonchev–Trinajstić information content (AvgIpc) is 2.13. The van der Waals surface area contributed by atoms with Crippen molar-refractivity contribution in [2.75, 3.05) is 7.11 Å². The molecule has 0 amide bonds. The van der Waals surface area contributed by atoms with Crippen LogP contribution in [-0.4, -0.2) is 12.7 Å². The summed E-state index contributed by atoms with van der Waals surface area (Å²) in [6, 6.07) is 0. The normalized spacial score (nSPS) is 16.8. The van der Waals surface area contributed by atoms with Crippen LogP contribution in [0.2, 0.25) is 0 Å². The van der Waals surface area contributed by atoms with E-state index in [1.807, 2.05) is 13.2 Å². The number of rotatable bonds is 6. The van der Waals surface area contributed by atoms with Gasteiger partial charge in [-0.1, -0.05) is 40.7 Å². The minimum absolute atomic E-state index is 0.0799. The Labute approximate surface area is 89.5 Å². The third kappa shape index (κ3) is 2.20. The molecule has 0 saturated heterocycles. The van der Waals surface area contributed by atoms with Gasteiger partial charge in [-0.25, -0.2) is 0 Å². The summed E-state index contributed by atoms with van der Waals surface area (Å²) >= 11 is 0. The third-order valence-electron chi connectivity index (χ3n) is 3.77. The first kappa shape index (κ1) is 13.7. The van der Waals surface area contributed by atoms with Crippen molar-refractivity contribution < 1.29 is 4.74 Å². The predicted octanol–water partition coefficient (Wildman–Crippen LogP) is 4.04. The zero-order valence-corrected chi connectivity index (χ0v) is 10.7. The molecule has 0 aromatic rings. The van der Waals surface area contributed by atoms with Crippen molar-refractivity contribution in [2.45, 2.75) is 53.1 Å². The van der Waals surface area contributed by atoms with Crippen molar-refractivity contribution in [3.8, 4) is 0 Å². The maximum atomic E-state index is 5.82. The molecule has 0 fully saturated rings. The molecular formula is C13H26O. The summed E-state index contributed by atoms with van der Waals surface area (Å²) in [5.74, 6) is 0.500. The fraction of sp³-hybridized carbons (Fsp3) is 0.846. The van der Waals surface area contributed by atoms with Gasteiger partial charge >= 0.3 is 0 Å². The Hall–Kier alpha value is -0.300. The summed E-state index contributed by atoms with van der Waals surface area (Å²) in [6.45, 7) is 15.1. The van der Waals surface area contributed by atoms with E-state index in [-0.39, 0.29) is 11.0 Å². The van der Waals surface area contributed by atoms with Gasteiger partial charge in [0.1, 0.15) is 0 Å². The van der Waals surface area contributed by atoms with Gasteiger partial charge in [0, 0.05) is 7.11 Å². The molecule has 0 radical (unpaired) electrons. The Balaban J connectivity index is 5.11. The zero-order chi connectivity index (χ0) is 11.4. The van der Waals surface area contributed by atoms with Gasteiger partial charge in [-0.05, 0) is 24.2 Å². The van der Waals surface area contributed by atoms with Crippen molar-refractivity contribution in [2.24, 2.45) is 11.3 Å². The highest BCUT2D eigenvalue weighted by atomic mass is 16.5. The van der Waals surface area contributed by atoms with E-state index < -0.39 is 0 Å². The Bertz CT molecular complexity index is 182. The van der Waals surface area contributed by atoms with Crippen LogP contribution >= 0.6 is 0 Å². The molecule has 0 aromatic carbocycles. The van der Waals surface area contributed by atoms with Crippen LogP contribution in [-0.2, 0) is 4.74 Å². The first-order chi connectivity index (χ1) is 6.38. The minimum atomic E-state index is -0.0799. The number of hydrogen-bond donors (Lipinski definition) is 0. The van der Waals surface area contributed by atoms with E-state index in [0.29, 0.717) is 5.92 Å². The number of methoxy groups -OCH3 is 1. The lowest BCUT2D eigenvalue weighted by Crippen LogP contribution is -2.50. The first-order valence-electron chi connectivity index (χ1n) is 5.54. The largest absolute Gasteiger partial charge is 0.377 e. The molecule has 14 heavy (non-hydrogen) atoms. The zero-order valence-electron chi connectivity index (χ0n) is 10.7. The molecule has 1 nitrogen and oxygen atoms in total. The van der Waals surface area contributed by atoms with Gasteiger partial charge in [-0.2, -0.15) is 0 Å². The second-order valence-corrected chi connectivity index (χ2v) is 4.98. The van der Waals surface area contributed by atoms with Crippen molar-refractivity contribution in [3.05, 3.63) is 12.7 Å². The highest BCUT2D eigenvalue weighted by Crippen LogP contribution is 2.44. The number of hydrogen-bond acceptors (Lipinski definition) is 1. The van der Waals surface area contributed by atoms with Crippen LogP contribution < -0.4 is 0 Å². The molecule has 0 bridgehead atoms. The second-order valence-electron chi connectivity index (χ2n) is 4.98. The van der Waals surface area contributed by atoms with E-state index in [2.05, 4.69) is 41.2 Å². The molecule has 0 aliphatic carbocycles. The van der Waals surface area contributed by atoms with Crippen LogP contribution in [0, 0.1) is 11.3 Å². The van der Waals surface area contributed by atoms with Crippen LogP contribution in [0.1, 0.15) is 47.5 Å². The van der Waals surface area contributed by atoms with Crippen molar-refractivity contribution in [1.29, 1.82) is 0 Å². The van der Waals surface area contributed by atoms with E-state index in [1.165, 1.54) is 0 Å². The Morgan fingerprint density at radius 2 is 1.86 bits per heavy atom. The van der Waals surface area contributed by atoms with Gasteiger partial charge in [0.15, 0.2) is 0 Å². The molecule has 0 spiro atoms. The van der Waals surface area contributed by atoms with Crippen LogP contribution in [0.25, 0.3) is 0 Å². The molecule has 1 unspecified atom stereocenters. The van der Waals surface area contributed by atoms with Crippen LogP contribution in [0.3, 0.4) is 0 Å². The first-order valence-corrected chi connectivity index (χ1v) is 5.54. The van der Waals surface area contributed by atoms with E-state index in [4.69, 9.17) is 4.74 Å². The minimum Gasteiger partial charge on any atom is -0.377 e. The Morgan fingerprint density at radius 1 is 1.36 bits per heavy atom. The fourth-order valence-corrected chi connectivity index (χ4v) is 2.40. The second kappa shape index (κ2) is 4.97. The lowest BCUT2D eigenvalue weighted by molar-refractivity contribution is -0.131. The lowest BCUT2D eigenvalue weighted by Gasteiger charge is -2.48. The molecular weight excluding hydrogens is 172 g/mol. The van der Waals surface area contributed by atoms with E-state index >= 15 is 0 Å². The number of ether oxygens (including phenoxy) is 1. The molecule has 1 atom stereocenters. The van der Waals surface area contributed by atoms with Crippen molar-refractivity contribution in [1.82, 2.24) is 0 Å². The highest BCUT2D eigenvalue weighted by Gasteiger charge is 2.45. The van der Waals surface area contributed by atoms with Crippen molar-refractivity contribution in [3.63, 3.8) is 0 Å². The Kier molecular flexibility index (Phi) is 4.87. The van der Waals surface area contributed by atoms with Crippen molar-refractivity contribution >= 4 is 0 Å². The summed E-state index contributed by atoms with van der Waals surface area (Å²) < 4.78 is 5.82. The maximum Gasteiger partial charge on any atom is 0.0786 e. The molecule has 0 rings (SSSR count). The van der Waals surface area contributed by atoms with Gasteiger partial charge in [-0.15, -0.1) is 6.58 Å². The summed E-state index contributed by atoms with van der Waals surface area (Å²) in [5, 5.41) is 0. The summed E-state index contributed by atoms with van der Waals surface area (Å²) in [6.07, 6.45) is 4.01. The van der Waals surface area contributed by atoms with Crippen LogP contribution in [0.4, 0.5) is 0 Å². The quantitative estimate of drug-likeness (QED) is 0.585. The predicted molar refractivity (Wildman–Crippen MR) is 63.5 cm³/mol. The van der Waals surface area contributed by atoms with Gasteiger partial charge in [0.2, 0.25) is 0 Å². The molecule has 0 aliphatic rings. The molecule has 0 heterocycles. The molecule has 0 N–H and O–H groups in total. The Morgan fingerprint density at radius 3 is 2.07 bits per heavy atom. The standard InChI is InChI=1S/C13H26O/c1-8-10-13(14-7,11(3)4)12(5,6)9-2/h8,11H,1,9-10H2,2-7H3. The highest BCUT2D eigenvalue weighted by molar-refractivity contribution is 5.00. The molecule has 84 valence electrons. The van der Waals surface area contributed by atoms with Gasteiger partial charge < -0.3 is 4.74 Å². The summed E-state index contributed by atoms with van der Waals surface area (Å²) in [5.41, 5.74) is 0.105. The molecule has 1 heteroatoms. The van der Waals surface area contributed by atoms with Gasteiger partial charge in [0.25, 0.3) is 0 Å². The molecule has 0 aromatic heterocycles. The maximum absolute atomic E-state index is 5.82. The van der Waals surface area contributed by atoms with Gasteiger partial charge in [-0.3, -0.25) is 0 Å². The third-order valence-corrected chi connectivity index (χ3v) is 3.77. The fourth-order valence-electron chi connectivity index (χ4n) is 2.40. The average molecular weight is 198 g/mol. The van der Waals surface area contributed by atoms with E-state index in [0.717, 1.165) is 12.8 Å². The smallest absolute Gasteiger partial charge is 0.0786 e. The summed E-state index contributed by atoms with van der Waals surface area (Å²) in [7, 11) is 1.82. The molecule has 0 saturated carbocycles. The molecule has 0 aliphatic heterocycles. The topological polar surface area (TPSA) is 9.23 Å². The summed E-state index contributed by atoms with van der Waals surface area (Å²) in [4.78, 5) is 0. The van der Waals surface area contributed by atoms with Gasteiger partial charge in [0.05, 0.1) is 5.60 Å². The van der Waals surface area contributed by atoms with E-state index in [1.54, 1.807) is 0 Å². The monoisotopic (exact) mass is 198 g/mol. The van der Waals surface area contributed by atoms with Crippen LogP contribution in [0.5, 0.6) is 0 Å². The lowest BCUT2D eigenvalue weighted by atomic mass is 9.65.